The van der Waals surface area contributed by atoms with Crippen LogP contribution in [0.2, 0.25) is 0 Å². The number of hydrogen-bond acceptors (Lipinski definition) is 3. The summed E-state index contributed by atoms with van der Waals surface area (Å²) in [4.78, 5) is 4.44. The van der Waals surface area contributed by atoms with Crippen LogP contribution in [-0.2, 0) is 6.42 Å². The molecule has 0 aliphatic carbocycles. The lowest BCUT2D eigenvalue weighted by Gasteiger charge is -2.21. The monoisotopic (exact) mass is 350 g/mol. The summed E-state index contributed by atoms with van der Waals surface area (Å²) in [6, 6.07) is 7.00. The van der Waals surface area contributed by atoms with Crippen molar-refractivity contribution in [2.45, 2.75) is 46.2 Å². The number of likely N-dealkylation sites (N-methyl/N-ethyl adjacent to an activating group) is 1. The summed E-state index contributed by atoms with van der Waals surface area (Å²) in [6.07, 6.45) is 2.48. The Labute approximate surface area is 135 Å². The van der Waals surface area contributed by atoms with Crippen LogP contribution < -0.4 is 5.32 Å². The second-order valence-corrected chi connectivity index (χ2v) is 6.45. The maximum absolute atomic E-state index is 4.44. The SMILES string of the molecule is CCNC(Cc1ncnn1C(C)C)c1cc(Br)ccc1C. The first-order chi connectivity index (χ1) is 10.0. The van der Waals surface area contributed by atoms with Gasteiger partial charge in [0.05, 0.1) is 0 Å². The zero-order chi connectivity index (χ0) is 15.4. The van der Waals surface area contributed by atoms with Gasteiger partial charge >= 0.3 is 0 Å². The van der Waals surface area contributed by atoms with Crippen LogP contribution in [0.1, 0.15) is 49.8 Å². The first-order valence-corrected chi connectivity index (χ1v) is 8.20. The second-order valence-electron chi connectivity index (χ2n) is 5.53. The Bertz CT molecular complexity index is 592. The summed E-state index contributed by atoms with van der Waals surface area (Å²) in [6.45, 7) is 9.47. The van der Waals surface area contributed by atoms with E-state index in [4.69, 9.17) is 0 Å². The standard InChI is InChI=1S/C16H23BrN4/c1-5-18-15(14-8-13(17)7-6-12(14)4)9-16-19-10-20-21(16)11(2)3/h6-8,10-11,15,18H,5,9H2,1-4H3. The average molecular weight is 351 g/mol. The topological polar surface area (TPSA) is 42.7 Å². The molecular formula is C16H23BrN4. The van der Waals surface area contributed by atoms with Crippen LogP contribution in [0.5, 0.6) is 0 Å². The van der Waals surface area contributed by atoms with Crippen molar-refractivity contribution >= 4 is 15.9 Å². The zero-order valence-corrected chi connectivity index (χ0v) is 14.7. The second kappa shape index (κ2) is 7.18. The smallest absolute Gasteiger partial charge is 0.138 e. The highest BCUT2D eigenvalue weighted by Gasteiger charge is 2.18. The van der Waals surface area contributed by atoms with Crippen LogP contribution in [0.4, 0.5) is 0 Å². The van der Waals surface area contributed by atoms with Gasteiger partial charge in [-0.15, -0.1) is 0 Å². The molecule has 0 saturated heterocycles. The van der Waals surface area contributed by atoms with Crippen molar-refractivity contribution in [3.63, 3.8) is 0 Å². The number of rotatable bonds is 6. The van der Waals surface area contributed by atoms with Gasteiger partial charge in [-0.2, -0.15) is 5.10 Å². The minimum Gasteiger partial charge on any atom is -0.310 e. The molecule has 1 aromatic carbocycles. The van der Waals surface area contributed by atoms with Crippen molar-refractivity contribution in [1.29, 1.82) is 0 Å². The first-order valence-electron chi connectivity index (χ1n) is 7.40. The molecule has 1 aromatic heterocycles. The third kappa shape index (κ3) is 3.92. The minimum absolute atomic E-state index is 0.245. The Morgan fingerprint density at radius 2 is 2.10 bits per heavy atom. The molecule has 0 fully saturated rings. The molecule has 0 radical (unpaired) electrons. The minimum atomic E-state index is 0.245. The van der Waals surface area contributed by atoms with E-state index < -0.39 is 0 Å². The van der Waals surface area contributed by atoms with E-state index in [0.29, 0.717) is 6.04 Å². The maximum atomic E-state index is 4.44. The Morgan fingerprint density at radius 3 is 2.76 bits per heavy atom. The number of nitrogens with one attached hydrogen (secondary N) is 1. The molecule has 0 spiro atoms. The highest BCUT2D eigenvalue weighted by atomic mass is 79.9. The van der Waals surface area contributed by atoms with E-state index >= 15 is 0 Å². The van der Waals surface area contributed by atoms with Crippen LogP contribution in [0.15, 0.2) is 29.0 Å². The summed E-state index contributed by atoms with van der Waals surface area (Å²) in [7, 11) is 0. The fourth-order valence-electron chi connectivity index (χ4n) is 2.56. The van der Waals surface area contributed by atoms with E-state index in [1.807, 2.05) is 4.68 Å². The third-order valence-corrected chi connectivity index (χ3v) is 4.08. The molecular weight excluding hydrogens is 328 g/mol. The van der Waals surface area contributed by atoms with Gasteiger partial charge in [-0.05, 0) is 50.6 Å². The summed E-state index contributed by atoms with van der Waals surface area (Å²) in [5.74, 6) is 1.02. The summed E-state index contributed by atoms with van der Waals surface area (Å²) in [5.41, 5.74) is 2.60. The molecule has 2 rings (SSSR count). The van der Waals surface area contributed by atoms with Gasteiger partial charge in [-0.3, -0.25) is 0 Å². The number of benzene rings is 1. The highest BCUT2D eigenvalue weighted by Crippen LogP contribution is 2.25. The third-order valence-electron chi connectivity index (χ3n) is 3.59. The molecule has 0 saturated carbocycles. The molecule has 1 atom stereocenters. The number of aromatic nitrogens is 3. The molecule has 5 heteroatoms. The summed E-state index contributed by atoms with van der Waals surface area (Å²) < 4.78 is 3.11. The summed E-state index contributed by atoms with van der Waals surface area (Å²) in [5, 5.41) is 7.90. The first kappa shape index (κ1) is 16.2. The van der Waals surface area contributed by atoms with Gasteiger partial charge in [0, 0.05) is 23.0 Å². The van der Waals surface area contributed by atoms with Gasteiger partial charge in [-0.1, -0.05) is 28.9 Å². The van der Waals surface area contributed by atoms with Crippen molar-refractivity contribution in [1.82, 2.24) is 20.1 Å². The van der Waals surface area contributed by atoms with Crippen molar-refractivity contribution in [2.75, 3.05) is 6.54 Å². The lowest BCUT2D eigenvalue weighted by atomic mass is 9.98. The fraction of sp³-hybridized carbons (Fsp3) is 0.500. The van der Waals surface area contributed by atoms with Gasteiger partial charge in [0.25, 0.3) is 0 Å². The molecule has 0 bridgehead atoms. The molecule has 4 nitrogen and oxygen atoms in total. The van der Waals surface area contributed by atoms with Crippen LogP contribution in [0.25, 0.3) is 0 Å². The molecule has 1 N–H and O–H groups in total. The summed E-state index contributed by atoms with van der Waals surface area (Å²) >= 11 is 3.57. The van der Waals surface area contributed by atoms with E-state index in [2.05, 4.69) is 77.2 Å². The number of halogens is 1. The van der Waals surface area contributed by atoms with Gasteiger partial charge in [-0.25, -0.2) is 9.67 Å². The molecule has 1 unspecified atom stereocenters. The van der Waals surface area contributed by atoms with E-state index in [1.54, 1.807) is 6.33 Å². The Kier molecular flexibility index (Phi) is 5.53. The largest absolute Gasteiger partial charge is 0.310 e. The zero-order valence-electron chi connectivity index (χ0n) is 13.1. The Hall–Kier alpha value is -1.20. The maximum Gasteiger partial charge on any atom is 0.138 e. The Balaban J connectivity index is 2.31. The van der Waals surface area contributed by atoms with E-state index in [-0.39, 0.29) is 6.04 Å². The normalized spacial score (nSPS) is 12.9. The average Bonchev–Trinajstić information content (AvgIpc) is 2.89. The lowest BCUT2D eigenvalue weighted by molar-refractivity contribution is 0.468. The van der Waals surface area contributed by atoms with Crippen molar-refractivity contribution in [2.24, 2.45) is 0 Å². The molecule has 0 amide bonds. The molecule has 21 heavy (non-hydrogen) atoms. The van der Waals surface area contributed by atoms with E-state index in [9.17, 15) is 0 Å². The van der Waals surface area contributed by atoms with Gasteiger partial charge in [0.1, 0.15) is 12.2 Å². The van der Waals surface area contributed by atoms with E-state index in [0.717, 1.165) is 23.3 Å². The van der Waals surface area contributed by atoms with Crippen LogP contribution in [0, 0.1) is 6.92 Å². The van der Waals surface area contributed by atoms with Gasteiger partial charge < -0.3 is 5.32 Å². The molecule has 1 heterocycles. The number of aryl methyl sites for hydroxylation is 1. The van der Waals surface area contributed by atoms with E-state index in [1.165, 1.54) is 11.1 Å². The van der Waals surface area contributed by atoms with Crippen LogP contribution >= 0.6 is 15.9 Å². The number of nitrogens with zero attached hydrogens (tertiary/aromatic N) is 3. The quantitative estimate of drug-likeness (QED) is 0.860. The van der Waals surface area contributed by atoms with Gasteiger partial charge in [0.2, 0.25) is 0 Å². The predicted molar refractivity (Wildman–Crippen MR) is 89.4 cm³/mol. The van der Waals surface area contributed by atoms with Crippen molar-refractivity contribution in [3.05, 3.63) is 46.0 Å². The van der Waals surface area contributed by atoms with Crippen molar-refractivity contribution < 1.29 is 0 Å². The lowest BCUT2D eigenvalue weighted by Crippen LogP contribution is -2.25. The fourth-order valence-corrected chi connectivity index (χ4v) is 2.94. The molecule has 0 aliphatic heterocycles. The molecule has 0 aliphatic rings. The van der Waals surface area contributed by atoms with Crippen LogP contribution in [0.3, 0.4) is 0 Å². The Morgan fingerprint density at radius 1 is 1.33 bits per heavy atom. The predicted octanol–water partition coefficient (Wildman–Crippen LogP) is 3.82. The highest BCUT2D eigenvalue weighted by molar-refractivity contribution is 9.10. The molecule has 2 aromatic rings. The van der Waals surface area contributed by atoms with Crippen LogP contribution in [-0.4, -0.2) is 21.3 Å². The number of hydrogen-bond donors (Lipinski definition) is 1. The molecule has 114 valence electrons. The van der Waals surface area contributed by atoms with Gasteiger partial charge in [0.15, 0.2) is 0 Å². The van der Waals surface area contributed by atoms with Crippen molar-refractivity contribution in [3.8, 4) is 0 Å².